The Kier molecular flexibility index (Phi) is 4.76. The highest BCUT2D eigenvalue weighted by atomic mass is 16.6. The number of carbonyl (C=O) groups is 2. The summed E-state index contributed by atoms with van der Waals surface area (Å²) in [5.41, 5.74) is 0. The molecular weight excluding hydrogens is 160 g/mol. The van der Waals surface area contributed by atoms with Crippen molar-refractivity contribution in [3.63, 3.8) is 0 Å². The van der Waals surface area contributed by atoms with E-state index >= 15 is 0 Å². The zero-order valence-electron chi connectivity index (χ0n) is 7.42. The minimum Gasteiger partial charge on any atom is -0.458 e. The number of carbonyl (C=O) groups excluding carboxylic acids is 2. The van der Waals surface area contributed by atoms with Crippen molar-refractivity contribution in [1.82, 2.24) is 0 Å². The molecule has 4 nitrogen and oxygen atoms in total. The third kappa shape index (κ3) is 5.46. The molecule has 0 amide bonds. The molecule has 0 saturated heterocycles. The highest BCUT2D eigenvalue weighted by molar-refractivity contribution is 5.68. The van der Waals surface area contributed by atoms with Gasteiger partial charge in [0.25, 0.3) is 0 Å². The second-order valence-corrected chi connectivity index (χ2v) is 2.13. The number of hydrogen-bond acceptors (Lipinski definition) is 4. The average molecular weight is 172 g/mol. The molecule has 12 heavy (non-hydrogen) atoms. The summed E-state index contributed by atoms with van der Waals surface area (Å²) in [6.45, 7) is 4.28. The standard InChI is InChI=1S/C8H12O4/c1-4-8(12-7(3)10)5-11-6(2)9/h4H,5H2,1-3H3. The number of ether oxygens (including phenoxy) is 2. The molecule has 0 spiro atoms. The van der Waals surface area contributed by atoms with Crippen LogP contribution in [0.25, 0.3) is 0 Å². The van der Waals surface area contributed by atoms with E-state index in [1.807, 2.05) is 0 Å². The summed E-state index contributed by atoms with van der Waals surface area (Å²) in [6, 6.07) is 0. The lowest BCUT2D eigenvalue weighted by Crippen LogP contribution is -2.08. The fourth-order valence-electron chi connectivity index (χ4n) is 0.529. The molecule has 0 aromatic carbocycles. The number of esters is 2. The van der Waals surface area contributed by atoms with Crippen molar-refractivity contribution < 1.29 is 19.1 Å². The summed E-state index contributed by atoms with van der Waals surface area (Å²) in [6.07, 6.45) is 1.57. The number of rotatable bonds is 3. The minimum atomic E-state index is -0.421. The van der Waals surface area contributed by atoms with Gasteiger partial charge in [-0.15, -0.1) is 0 Å². The molecule has 0 bridgehead atoms. The normalized spacial score (nSPS) is 10.8. The van der Waals surface area contributed by atoms with Gasteiger partial charge in [0.1, 0.15) is 12.4 Å². The molecule has 0 heterocycles. The first-order valence-electron chi connectivity index (χ1n) is 3.53. The van der Waals surface area contributed by atoms with Gasteiger partial charge >= 0.3 is 11.9 Å². The van der Waals surface area contributed by atoms with Gasteiger partial charge in [0.15, 0.2) is 0 Å². The van der Waals surface area contributed by atoms with Gasteiger partial charge in [-0.2, -0.15) is 0 Å². The smallest absolute Gasteiger partial charge is 0.307 e. The Morgan fingerprint density at radius 3 is 2.17 bits per heavy atom. The molecule has 0 N–H and O–H groups in total. The van der Waals surface area contributed by atoms with Crippen molar-refractivity contribution in [1.29, 1.82) is 0 Å². The minimum absolute atomic E-state index is 0.00537. The molecule has 0 atom stereocenters. The number of allylic oxidation sites excluding steroid dienone is 1. The van der Waals surface area contributed by atoms with Crippen LogP contribution in [0.2, 0.25) is 0 Å². The lowest BCUT2D eigenvalue weighted by molar-refractivity contribution is -0.145. The maximum absolute atomic E-state index is 10.5. The second-order valence-electron chi connectivity index (χ2n) is 2.13. The highest BCUT2D eigenvalue weighted by Gasteiger charge is 2.02. The Hall–Kier alpha value is -1.32. The second kappa shape index (κ2) is 5.35. The van der Waals surface area contributed by atoms with Crippen molar-refractivity contribution in [2.24, 2.45) is 0 Å². The van der Waals surface area contributed by atoms with Crippen molar-refractivity contribution in [2.75, 3.05) is 6.61 Å². The average Bonchev–Trinajstić information content (AvgIpc) is 1.97. The van der Waals surface area contributed by atoms with Crippen LogP contribution in [0.1, 0.15) is 20.8 Å². The van der Waals surface area contributed by atoms with Crippen LogP contribution in [0, 0.1) is 0 Å². The summed E-state index contributed by atoms with van der Waals surface area (Å²) in [5.74, 6) is -0.477. The maximum atomic E-state index is 10.5. The summed E-state index contributed by atoms with van der Waals surface area (Å²) >= 11 is 0. The van der Waals surface area contributed by atoms with Gasteiger partial charge < -0.3 is 9.47 Å². The van der Waals surface area contributed by atoms with Gasteiger partial charge in [-0.1, -0.05) is 0 Å². The Morgan fingerprint density at radius 1 is 1.25 bits per heavy atom. The first kappa shape index (κ1) is 10.7. The van der Waals surface area contributed by atoms with E-state index in [1.54, 1.807) is 13.0 Å². The molecule has 0 fully saturated rings. The Balaban J connectivity index is 3.85. The van der Waals surface area contributed by atoms with Crippen LogP contribution in [0.3, 0.4) is 0 Å². The molecule has 4 heteroatoms. The first-order valence-corrected chi connectivity index (χ1v) is 3.53. The monoisotopic (exact) mass is 172 g/mol. The highest BCUT2D eigenvalue weighted by Crippen LogP contribution is 1.98. The molecule has 0 aliphatic heterocycles. The van der Waals surface area contributed by atoms with E-state index in [4.69, 9.17) is 4.74 Å². The molecular formula is C8H12O4. The van der Waals surface area contributed by atoms with E-state index in [0.717, 1.165) is 0 Å². The van der Waals surface area contributed by atoms with Gasteiger partial charge in [0, 0.05) is 13.8 Å². The lowest BCUT2D eigenvalue weighted by atomic mass is 10.5. The third-order valence-electron chi connectivity index (χ3n) is 1.01. The molecule has 0 aromatic heterocycles. The summed E-state index contributed by atoms with van der Waals surface area (Å²) < 4.78 is 9.31. The van der Waals surface area contributed by atoms with Crippen LogP contribution < -0.4 is 0 Å². The fourth-order valence-corrected chi connectivity index (χ4v) is 0.529. The van der Waals surface area contributed by atoms with E-state index < -0.39 is 11.9 Å². The molecule has 0 rings (SSSR count). The van der Waals surface area contributed by atoms with Gasteiger partial charge in [0.2, 0.25) is 0 Å². The summed E-state index contributed by atoms with van der Waals surface area (Å²) in [4.78, 5) is 20.8. The van der Waals surface area contributed by atoms with Crippen molar-refractivity contribution in [3.8, 4) is 0 Å². The fraction of sp³-hybridized carbons (Fsp3) is 0.500. The predicted octanol–water partition coefficient (Wildman–Crippen LogP) is 1.02. The maximum Gasteiger partial charge on any atom is 0.307 e. The lowest BCUT2D eigenvalue weighted by Gasteiger charge is -2.05. The van der Waals surface area contributed by atoms with Crippen LogP contribution in [0.4, 0.5) is 0 Å². The van der Waals surface area contributed by atoms with Gasteiger partial charge in [-0.25, -0.2) is 0 Å². The van der Waals surface area contributed by atoms with Crippen LogP contribution in [-0.2, 0) is 19.1 Å². The third-order valence-corrected chi connectivity index (χ3v) is 1.01. The molecule has 0 aliphatic rings. The van der Waals surface area contributed by atoms with E-state index in [1.165, 1.54) is 13.8 Å². The number of hydrogen-bond donors (Lipinski definition) is 0. The quantitative estimate of drug-likeness (QED) is 0.471. The Labute approximate surface area is 71.2 Å². The first-order chi connectivity index (χ1) is 5.56. The van der Waals surface area contributed by atoms with E-state index in [0.29, 0.717) is 5.76 Å². The van der Waals surface area contributed by atoms with Crippen LogP contribution in [0.5, 0.6) is 0 Å². The van der Waals surface area contributed by atoms with E-state index in [2.05, 4.69) is 4.74 Å². The summed E-state index contributed by atoms with van der Waals surface area (Å²) in [5, 5.41) is 0. The van der Waals surface area contributed by atoms with Crippen molar-refractivity contribution in [2.45, 2.75) is 20.8 Å². The molecule has 0 unspecified atom stereocenters. The van der Waals surface area contributed by atoms with Gasteiger partial charge in [-0.3, -0.25) is 9.59 Å². The van der Waals surface area contributed by atoms with Crippen molar-refractivity contribution >= 4 is 11.9 Å². The van der Waals surface area contributed by atoms with Gasteiger partial charge in [0.05, 0.1) is 0 Å². The van der Waals surface area contributed by atoms with Crippen LogP contribution >= 0.6 is 0 Å². The predicted molar refractivity (Wildman–Crippen MR) is 42.2 cm³/mol. The molecule has 0 aromatic rings. The van der Waals surface area contributed by atoms with Crippen molar-refractivity contribution in [3.05, 3.63) is 11.8 Å². The topological polar surface area (TPSA) is 52.6 Å². The zero-order valence-corrected chi connectivity index (χ0v) is 7.42. The Morgan fingerprint density at radius 2 is 1.83 bits per heavy atom. The van der Waals surface area contributed by atoms with E-state index in [-0.39, 0.29) is 6.61 Å². The van der Waals surface area contributed by atoms with Crippen LogP contribution in [-0.4, -0.2) is 18.5 Å². The molecule has 0 saturated carbocycles. The van der Waals surface area contributed by atoms with E-state index in [9.17, 15) is 9.59 Å². The van der Waals surface area contributed by atoms with Crippen LogP contribution in [0.15, 0.2) is 11.8 Å². The van der Waals surface area contributed by atoms with Gasteiger partial charge in [-0.05, 0) is 13.0 Å². The summed E-state index contributed by atoms with van der Waals surface area (Å²) in [7, 11) is 0. The zero-order chi connectivity index (χ0) is 9.56. The SMILES string of the molecule is CC=C(COC(C)=O)OC(C)=O. The molecule has 68 valence electrons. The molecule has 0 radical (unpaired) electrons. The Bertz CT molecular complexity index is 205. The molecule has 0 aliphatic carbocycles. The largest absolute Gasteiger partial charge is 0.458 e.